The molecule has 0 fully saturated rings. The minimum Gasteiger partial charge on any atom is -0.497 e. The number of aromatic nitrogens is 1. The molecule has 6 heteroatoms. The van der Waals surface area contributed by atoms with Crippen molar-refractivity contribution in [2.75, 3.05) is 7.11 Å². The van der Waals surface area contributed by atoms with Gasteiger partial charge in [0.25, 0.3) is 0 Å². The molecule has 4 aromatic rings. The number of allylic oxidation sites excluding steroid dienone is 1. The number of nitrogens with zero attached hydrogens (tertiary/aromatic N) is 1. The SMILES string of the molecule is COc1ccc2c(c1)c(/C=C1\Oc3cc(OCc4ccc(Br)cc4)cc(C)c3C1=O)cn2C. The zero-order valence-electron chi connectivity index (χ0n) is 18.5. The first-order chi connectivity index (χ1) is 15.9. The molecule has 5 rings (SSSR count). The van der Waals surface area contributed by atoms with Crippen molar-refractivity contribution < 1.29 is 19.0 Å². The fourth-order valence-corrected chi connectivity index (χ4v) is 4.36. The number of methoxy groups -OCH3 is 1. The van der Waals surface area contributed by atoms with E-state index in [9.17, 15) is 4.79 Å². The number of fused-ring (bicyclic) bond motifs is 2. The summed E-state index contributed by atoms with van der Waals surface area (Å²) >= 11 is 3.44. The molecule has 0 aliphatic carbocycles. The molecule has 2 heterocycles. The molecule has 3 aromatic carbocycles. The lowest BCUT2D eigenvalue weighted by molar-refractivity contribution is 0.101. The maximum Gasteiger partial charge on any atom is 0.232 e. The first-order valence-electron chi connectivity index (χ1n) is 10.5. The van der Waals surface area contributed by atoms with Gasteiger partial charge in [0.1, 0.15) is 23.9 Å². The molecule has 0 atom stereocenters. The van der Waals surface area contributed by atoms with Crippen LogP contribution in [0.25, 0.3) is 17.0 Å². The van der Waals surface area contributed by atoms with Gasteiger partial charge in [-0.15, -0.1) is 0 Å². The predicted octanol–water partition coefficient (Wildman–Crippen LogP) is 6.45. The van der Waals surface area contributed by atoms with Gasteiger partial charge in [-0.05, 0) is 60.5 Å². The zero-order chi connectivity index (χ0) is 23.1. The number of benzene rings is 3. The van der Waals surface area contributed by atoms with Crippen LogP contribution >= 0.6 is 15.9 Å². The van der Waals surface area contributed by atoms with Crippen LogP contribution in [0.5, 0.6) is 17.2 Å². The Labute approximate surface area is 200 Å². The highest BCUT2D eigenvalue weighted by molar-refractivity contribution is 9.10. The van der Waals surface area contributed by atoms with Crippen molar-refractivity contribution in [3.8, 4) is 17.2 Å². The molecule has 0 bridgehead atoms. The molecule has 0 N–H and O–H groups in total. The van der Waals surface area contributed by atoms with Gasteiger partial charge >= 0.3 is 0 Å². The van der Waals surface area contributed by atoms with Crippen LogP contribution in [-0.4, -0.2) is 17.5 Å². The number of carbonyl (C=O) groups excluding carboxylic acids is 1. The summed E-state index contributed by atoms with van der Waals surface area (Å²) in [6, 6.07) is 17.5. The summed E-state index contributed by atoms with van der Waals surface area (Å²) in [4.78, 5) is 13.1. The molecule has 33 heavy (non-hydrogen) atoms. The van der Waals surface area contributed by atoms with E-state index in [4.69, 9.17) is 14.2 Å². The second-order valence-corrected chi connectivity index (χ2v) is 8.96. The van der Waals surface area contributed by atoms with Crippen LogP contribution in [0, 0.1) is 6.92 Å². The molecule has 5 nitrogen and oxygen atoms in total. The minimum atomic E-state index is -0.123. The van der Waals surface area contributed by atoms with Gasteiger partial charge in [-0.25, -0.2) is 0 Å². The van der Waals surface area contributed by atoms with Gasteiger partial charge in [0.05, 0.1) is 12.7 Å². The van der Waals surface area contributed by atoms with Crippen molar-refractivity contribution in [1.82, 2.24) is 4.57 Å². The van der Waals surface area contributed by atoms with Gasteiger partial charge in [-0.1, -0.05) is 28.1 Å². The second-order valence-electron chi connectivity index (χ2n) is 8.05. The topological polar surface area (TPSA) is 49.7 Å². The number of ether oxygens (including phenoxy) is 3. The van der Waals surface area contributed by atoms with Gasteiger partial charge in [0.2, 0.25) is 5.78 Å². The van der Waals surface area contributed by atoms with Gasteiger partial charge in [-0.3, -0.25) is 4.79 Å². The summed E-state index contributed by atoms with van der Waals surface area (Å²) in [7, 11) is 3.61. The molecule has 0 saturated carbocycles. The van der Waals surface area contributed by atoms with Gasteiger partial charge < -0.3 is 18.8 Å². The standard InChI is InChI=1S/C27H22BrNO4/c1-16-10-21(32-15-17-4-6-19(28)7-5-17)13-24-26(16)27(30)25(33-24)11-18-14-29(2)23-9-8-20(31-3)12-22(18)23/h4-14H,15H2,1-3H3/b25-11-. The third-order valence-electron chi connectivity index (χ3n) is 5.78. The van der Waals surface area contributed by atoms with Crippen LogP contribution < -0.4 is 14.2 Å². The van der Waals surface area contributed by atoms with E-state index < -0.39 is 0 Å². The Bertz CT molecular complexity index is 1420. The maximum atomic E-state index is 13.1. The molecule has 1 aliphatic heterocycles. The number of ketones is 1. The molecule has 0 spiro atoms. The summed E-state index contributed by atoms with van der Waals surface area (Å²) in [5, 5.41) is 0.993. The van der Waals surface area contributed by atoms with E-state index >= 15 is 0 Å². The average molecular weight is 504 g/mol. The Kier molecular flexibility index (Phi) is 5.46. The van der Waals surface area contributed by atoms with Crippen LogP contribution in [0.4, 0.5) is 0 Å². The molecular weight excluding hydrogens is 482 g/mol. The van der Waals surface area contributed by atoms with E-state index in [-0.39, 0.29) is 5.78 Å². The highest BCUT2D eigenvalue weighted by Gasteiger charge is 2.30. The Hall–Kier alpha value is -3.51. The fourth-order valence-electron chi connectivity index (χ4n) is 4.09. The number of Topliss-reactive ketones (excluding diaryl/α,β-unsaturated/α-hetero) is 1. The third kappa shape index (κ3) is 4.02. The summed E-state index contributed by atoms with van der Waals surface area (Å²) < 4.78 is 20.4. The number of rotatable bonds is 5. The number of hydrogen-bond acceptors (Lipinski definition) is 4. The molecule has 166 valence electrons. The third-order valence-corrected chi connectivity index (χ3v) is 6.31. The van der Waals surface area contributed by atoms with Crippen LogP contribution in [0.2, 0.25) is 0 Å². The average Bonchev–Trinajstić information content (AvgIpc) is 3.29. The molecule has 1 aliphatic rings. The molecular formula is C27H22BrNO4. The van der Waals surface area contributed by atoms with E-state index in [1.54, 1.807) is 19.3 Å². The van der Waals surface area contributed by atoms with Crippen molar-refractivity contribution in [3.63, 3.8) is 0 Å². The quantitative estimate of drug-likeness (QED) is 0.293. The summed E-state index contributed by atoms with van der Waals surface area (Å²) in [5.41, 5.74) is 4.40. The molecule has 0 radical (unpaired) electrons. The predicted molar refractivity (Wildman–Crippen MR) is 132 cm³/mol. The van der Waals surface area contributed by atoms with Crippen molar-refractivity contribution in [1.29, 1.82) is 0 Å². The number of halogens is 1. The lowest BCUT2D eigenvalue weighted by Crippen LogP contribution is -2.00. The van der Waals surface area contributed by atoms with Crippen molar-refractivity contribution in [2.45, 2.75) is 13.5 Å². The minimum absolute atomic E-state index is 0.123. The Morgan fingerprint density at radius 1 is 1.06 bits per heavy atom. The van der Waals surface area contributed by atoms with Crippen molar-refractivity contribution in [3.05, 3.63) is 93.3 Å². The molecule has 0 saturated heterocycles. The molecule has 0 unspecified atom stereocenters. The van der Waals surface area contributed by atoms with Gasteiger partial charge in [-0.2, -0.15) is 0 Å². The number of carbonyl (C=O) groups is 1. The van der Waals surface area contributed by atoms with Crippen LogP contribution in [-0.2, 0) is 13.7 Å². The maximum absolute atomic E-state index is 13.1. The van der Waals surface area contributed by atoms with E-state index in [1.807, 2.05) is 73.3 Å². The normalized spacial score (nSPS) is 13.9. The highest BCUT2D eigenvalue weighted by Crippen LogP contribution is 2.38. The number of aryl methyl sites for hydroxylation is 2. The highest BCUT2D eigenvalue weighted by atomic mass is 79.9. The monoisotopic (exact) mass is 503 g/mol. The number of hydrogen-bond donors (Lipinski definition) is 0. The molecule has 0 amide bonds. The van der Waals surface area contributed by atoms with Crippen molar-refractivity contribution >= 4 is 38.7 Å². The lowest BCUT2D eigenvalue weighted by atomic mass is 10.0. The molecule has 1 aromatic heterocycles. The Morgan fingerprint density at radius 2 is 1.85 bits per heavy atom. The smallest absolute Gasteiger partial charge is 0.232 e. The van der Waals surface area contributed by atoms with E-state index in [2.05, 4.69) is 15.9 Å². The Morgan fingerprint density at radius 3 is 2.61 bits per heavy atom. The van der Waals surface area contributed by atoms with E-state index in [0.717, 1.165) is 37.8 Å². The zero-order valence-corrected chi connectivity index (χ0v) is 20.1. The van der Waals surface area contributed by atoms with Crippen LogP contribution in [0.3, 0.4) is 0 Å². The first-order valence-corrected chi connectivity index (χ1v) is 11.3. The first kappa shape index (κ1) is 21.3. The largest absolute Gasteiger partial charge is 0.497 e. The fraction of sp³-hybridized carbons (Fsp3) is 0.148. The van der Waals surface area contributed by atoms with Gasteiger partial charge in [0, 0.05) is 40.2 Å². The van der Waals surface area contributed by atoms with Gasteiger partial charge in [0.15, 0.2) is 5.76 Å². The van der Waals surface area contributed by atoms with Crippen LogP contribution in [0.15, 0.2) is 71.0 Å². The Balaban J connectivity index is 1.44. The summed E-state index contributed by atoms with van der Waals surface area (Å²) in [6.45, 7) is 2.33. The van der Waals surface area contributed by atoms with Crippen LogP contribution in [0.1, 0.15) is 27.0 Å². The summed E-state index contributed by atoms with van der Waals surface area (Å²) in [5.74, 6) is 2.13. The second kappa shape index (κ2) is 8.45. The van der Waals surface area contributed by atoms with E-state index in [1.165, 1.54) is 0 Å². The van der Waals surface area contributed by atoms with Crippen molar-refractivity contribution in [2.24, 2.45) is 7.05 Å². The summed E-state index contributed by atoms with van der Waals surface area (Å²) in [6.07, 6.45) is 3.78. The van der Waals surface area contributed by atoms with E-state index in [0.29, 0.717) is 29.4 Å². The lowest BCUT2D eigenvalue weighted by Gasteiger charge is -2.09.